The second-order valence-electron chi connectivity index (χ2n) is 7.09. The van der Waals surface area contributed by atoms with E-state index in [1.807, 2.05) is 62.4 Å². The van der Waals surface area contributed by atoms with E-state index in [9.17, 15) is 4.79 Å². The Morgan fingerprint density at radius 1 is 1.06 bits per heavy atom. The number of rotatable bonds is 7. The van der Waals surface area contributed by atoms with Crippen molar-refractivity contribution in [3.8, 4) is 5.75 Å². The molecule has 0 atom stereocenters. The van der Waals surface area contributed by atoms with Crippen molar-refractivity contribution in [2.45, 2.75) is 26.9 Å². The van der Waals surface area contributed by atoms with Crippen LogP contribution in [0.15, 0.2) is 59.7 Å². The molecule has 0 heterocycles. The van der Waals surface area contributed by atoms with Gasteiger partial charge in [0.15, 0.2) is 0 Å². The van der Waals surface area contributed by atoms with Crippen molar-refractivity contribution in [1.29, 1.82) is 0 Å². The number of benzene rings is 3. The van der Waals surface area contributed by atoms with Crippen LogP contribution < -0.4 is 10.2 Å². The summed E-state index contributed by atoms with van der Waals surface area (Å²) in [7, 11) is 0. The van der Waals surface area contributed by atoms with E-state index in [2.05, 4.69) is 61.8 Å². The fourth-order valence-corrected chi connectivity index (χ4v) is 5.31. The summed E-state index contributed by atoms with van der Waals surface area (Å²) >= 11 is 10.7. The molecule has 0 radical (unpaired) electrons. The molecule has 0 spiro atoms. The SMILES string of the molecule is Cc1ccc(CC(=O)N/N=C\c2cc(I)c(OCc3ccccc3Cl)c(I)c2)c(C)c1. The third-order valence-electron chi connectivity index (χ3n) is 4.60. The van der Waals surface area contributed by atoms with E-state index in [1.165, 1.54) is 5.56 Å². The molecule has 1 N–H and O–H groups in total. The molecule has 3 aromatic rings. The van der Waals surface area contributed by atoms with Crippen LogP contribution in [0.5, 0.6) is 5.75 Å². The van der Waals surface area contributed by atoms with Crippen molar-refractivity contribution < 1.29 is 9.53 Å². The zero-order valence-corrected chi connectivity index (χ0v) is 22.2. The summed E-state index contributed by atoms with van der Waals surface area (Å²) < 4.78 is 7.92. The number of hydrazone groups is 1. The Hall–Kier alpha value is -1.65. The summed E-state index contributed by atoms with van der Waals surface area (Å²) in [5.74, 6) is 0.657. The van der Waals surface area contributed by atoms with E-state index in [-0.39, 0.29) is 5.91 Å². The Morgan fingerprint density at radius 2 is 1.77 bits per heavy atom. The number of amides is 1. The third-order valence-corrected chi connectivity index (χ3v) is 6.57. The Balaban J connectivity index is 1.61. The molecule has 0 aromatic heterocycles. The molecule has 31 heavy (non-hydrogen) atoms. The highest BCUT2D eigenvalue weighted by atomic mass is 127. The second kappa shape index (κ2) is 11.3. The van der Waals surface area contributed by atoms with Gasteiger partial charge >= 0.3 is 0 Å². The van der Waals surface area contributed by atoms with Crippen molar-refractivity contribution >= 4 is 68.9 Å². The second-order valence-corrected chi connectivity index (χ2v) is 9.83. The predicted molar refractivity (Wildman–Crippen MR) is 143 cm³/mol. The van der Waals surface area contributed by atoms with Gasteiger partial charge in [-0.1, -0.05) is 53.6 Å². The molecule has 0 saturated carbocycles. The van der Waals surface area contributed by atoms with Crippen LogP contribution in [0, 0.1) is 21.0 Å². The number of halogens is 3. The van der Waals surface area contributed by atoms with Crippen LogP contribution in [-0.2, 0) is 17.8 Å². The first-order valence-corrected chi connectivity index (χ1v) is 12.1. The summed E-state index contributed by atoms with van der Waals surface area (Å²) in [5.41, 5.74) is 7.72. The minimum Gasteiger partial charge on any atom is -0.487 e. The first-order valence-electron chi connectivity index (χ1n) is 9.57. The van der Waals surface area contributed by atoms with Gasteiger partial charge in [0, 0.05) is 10.6 Å². The monoisotopic (exact) mass is 658 g/mol. The molecule has 7 heteroatoms. The maximum Gasteiger partial charge on any atom is 0.244 e. The fourth-order valence-electron chi connectivity index (χ4n) is 2.99. The van der Waals surface area contributed by atoms with Crippen LogP contribution in [0.1, 0.15) is 27.8 Å². The average Bonchev–Trinajstić information content (AvgIpc) is 2.71. The van der Waals surface area contributed by atoms with E-state index in [0.29, 0.717) is 18.1 Å². The van der Waals surface area contributed by atoms with Gasteiger partial charge in [-0.25, -0.2) is 5.43 Å². The smallest absolute Gasteiger partial charge is 0.244 e. The van der Waals surface area contributed by atoms with Crippen LogP contribution in [0.3, 0.4) is 0 Å². The van der Waals surface area contributed by atoms with Crippen molar-refractivity contribution in [2.24, 2.45) is 5.10 Å². The number of hydrogen-bond acceptors (Lipinski definition) is 3. The van der Waals surface area contributed by atoms with Crippen LogP contribution >= 0.6 is 56.8 Å². The zero-order valence-electron chi connectivity index (χ0n) is 17.1. The quantitative estimate of drug-likeness (QED) is 0.181. The van der Waals surface area contributed by atoms with Crippen LogP contribution in [-0.4, -0.2) is 12.1 Å². The highest BCUT2D eigenvalue weighted by Gasteiger charge is 2.10. The predicted octanol–water partition coefficient (Wildman–Crippen LogP) is 6.44. The van der Waals surface area contributed by atoms with Crippen molar-refractivity contribution in [2.75, 3.05) is 0 Å². The molecule has 0 fully saturated rings. The Bertz CT molecular complexity index is 1110. The number of nitrogens with one attached hydrogen (secondary N) is 1. The molecule has 1 amide bonds. The maximum absolute atomic E-state index is 12.2. The topological polar surface area (TPSA) is 50.7 Å². The minimum atomic E-state index is -0.146. The van der Waals surface area contributed by atoms with Crippen molar-refractivity contribution in [1.82, 2.24) is 5.43 Å². The standard InChI is InChI=1S/C24H21ClI2N2O2/c1-15-7-8-18(16(2)9-15)12-23(30)29-28-13-17-10-21(26)24(22(27)11-17)31-14-19-5-3-4-6-20(19)25/h3-11,13H,12,14H2,1-2H3,(H,29,30)/b28-13-. The van der Waals surface area contributed by atoms with Gasteiger partial charge in [-0.2, -0.15) is 5.10 Å². The van der Waals surface area contributed by atoms with E-state index in [4.69, 9.17) is 16.3 Å². The minimum absolute atomic E-state index is 0.146. The maximum atomic E-state index is 12.2. The molecule has 160 valence electrons. The van der Waals surface area contributed by atoms with E-state index in [1.54, 1.807) is 6.21 Å². The highest BCUT2D eigenvalue weighted by molar-refractivity contribution is 14.1. The summed E-state index contributed by atoms with van der Waals surface area (Å²) in [6.07, 6.45) is 1.94. The molecule has 0 aliphatic rings. The van der Waals surface area contributed by atoms with Gasteiger partial charge in [-0.3, -0.25) is 4.79 Å². The molecule has 0 saturated heterocycles. The first-order chi connectivity index (χ1) is 14.8. The van der Waals surface area contributed by atoms with Gasteiger partial charge in [-0.05, 0) is 93.9 Å². The summed E-state index contributed by atoms with van der Waals surface area (Å²) in [4.78, 5) is 12.2. The number of ether oxygens (including phenoxy) is 1. The zero-order chi connectivity index (χ0) is 22.4. The van der Waals surface area contributed by atoms with Gasteiger partial charge in [-0.15, -0.1) is 0 Å². The van der Waals surface area contributed by atoms with E-state index in [0.717, 1.165) is 35.1 Å². The van der Waals surface area contributed by atoms with Gasteiger partial charge in [0.2, 0.25) is 5.91 Å². The molecule has 0 aliphatic heterocycles. The molecule has 3 aromatic carbocycles. The van der Waals surface area contributed by atoms with Gasteiger partial charge < -0.3 is 4.74 Å². The molecule has 3 rings (SSSR count). The Labute approximate surface area is 214 Å². The molecular formula is C24H21ClI2N2O2. The lowest BCUT2D eigenvalue weighted by Gasteiger charge is -2.12. The number of aryl methyl sites for hydroxylation is 2. The Morgan fingerprint density at radius 3 is 2.45 bits per heavy atom. The lowest BCUT2D eigenvalue weighted by molar-refractivity contribution is -0.120. The van der Waals surface area contributed by atoms with Gasteiger partial charge in [0.05, 0.1) is 19.8 Å². The van der Waals surface area contributed by atoms with E-state index < -0.39 is 0 Å². The third kappa shape index (κ3) is 6.92. The van der Waals surface area contributed by atoms with Crippen molar-refractivity contribution in [3.63, 3.8) is 0 Å². The summed E-state index contributed by atoms with van der Waals surface area (Å²) in [5, 5.41) is 4.80. The number of hydrogen-bond donors (Lipinski definition) is 1. The first kappa shape index (κ1) is 24.0. The largest absolute Gasteiger partial charge is 0.487 e. The lowest BCUT2D eigenvalue weighted by atomic mass is 10.0. The molecule has 0 aliphatic carbocycles. The summed E-state index contributed by atoms with van der Waals surface area (Å²) in [6.45, 7) is 4.45. The number of nitrogens with zero attached hydrogens (tertiary/aromatic N) is 1. The molecule has 0 unspecified atom stereocenters. The molecular weight excluding hydrogens is 638 g/mol. The van der Waals surface area contributed by atoms with Gasteiger partial charge in [0.1, 0.15) is 12.4 Å². The average molecular weight is 659 g/mol. The molecule has 0 bridgehead atoms. The van der Waals surface area contributed by atoms with Crippen molar-refractivity contribution in [3.05, 3.63) is 94.6 Å². The van der Waals surface area contributed by atoms with Crippen LogP contribution in [0.4, 0.5) is 0 Å². The van der Waals surface area contributed by atoms with Gasteiger partial charge in [0.25, 0.3) is 0 Å². The lowest BCUT2D eigenvalue weighted by Crippen LogP contribution is -2.20. The number of carbonyl (C=O) groups is 1. The molecule has 4 nitrogen and oxygen atoms in total. The van der Waals surface area contributed by atoms with Crippen LogP contribution in [0.2, 0.25) is 5.02 Å². The highest BCUT2D eigenvalue weighted by Crippen LogP contribution is 2.30. The fraction of sp³-hybridized carbons (Fsp3) is 0.167. The number of carbonyl (C=O) groups excluding carboxylic acids is 1. The van der Waals surface area contributed by atoms with E-state index >= 15 is 0 Å². The Kier molecular flexibility index (Phi) is 8.74. The summed E-state index contributed by atoms with van der Waals surface area (Å²) in [6, 6.07) is 17.6. The normalized spacial score (nSPS) is 11.0. The van der Waals surface area contributed by atoms with Crippen LogP contribution in [0.25, 0.3) is 0 Å².